The van der Waals surface area contributed by atoms with Crippen molar-refractivity contribution in [3.8, 4) is 0 Å². The molecule has 5 heteroatoms. The Bertz CT molecular complexity index is 482. The number of amides is 2. The Hall–Kier alpha value is -1.10. The summed E-state index contributed by atoms with van der Waals surface area (Å²) in [6.07, 6.45) is 10.6. The number of hydrogen-bond acceptors (Lipinski definition) is 3. The maximum atomic E-state index is 12.7. The van der Waals surface area contributed by atoms with Gasteiger partial charge < -0.3 is 14.7 Å². The fraction of sp³-hybridized carbons (Fsp3) is 0.905. The largest absolute Gasteiger partial charge is 0.343 e. The third kappa shape index (κ3) is 4.99. The molecule has 1 unspecified atom stereocenters. The van der Waals surface area contributed by atoms with Crippen LogP contribution >= 0.6 is 0 Å². The van der Waals surface area contributed by atoms with Gasteiger partial charge in [0, 0.05) is 38.5 Å². The van der Waals surface area contributed by atoms with Crippen molar-refractivity contribution in [2.24, 2.45) is 11.8 Å². The second-order valence-corrected chi connectivity index (χ2v) is 8.85. The van der Waals surface area contributed by atoms with E-state index in [1.54, 1.807) is 0 Å². The highest BCUT2D eigenvalue weighted by Gasteiger charge is 2.31. The van der Waals surface area contributed by atoms with Gasteiger partial charge in [0.1, 0.15) is 0 Å². The number of nitrogens with zero attached hydrogens (tertiary/aromatic N) is 3. The smallest absolute Gasteiger partial charge is 0.225 e. The van der Waals surface area contributed by atoms with E-state index in [0.717, 1.165) is 64.7 Å². The molecule has 1 atom stereocenters. The Balaban J connectivity index is 1.42. The minimum atomic E-state index is 0.283. The average molecular weight is 364 g/mol. The van der Waals surface area contributed by atoms with Crippen molar-refractivity contribution in [3.63, 3.8) is 0 Å². The second-order valence-electron chi connectivity index (χ2n) is 8.85. The Kier molecular flexibility index (Phi) is 6.96. The van der Waals surface area contributed by atoms with Gasteiger partial charge in [0.2, 0.25) is 11.8 Å². The van der Waals surface area contributed by atoms with E-state index in [1.807, 2.05) is 11.9 Å². The van der Waals surface area contributed by atoms with Crippen molar-refractivity contribution in [2.45, 2.75) is 70.3 Å². The van der Waals surface area contributed by atoms with Crippen molar-refractivity contribution in [1.82, 2.24) is 14.7 Å². The van der Waals surface area contributed by atoms with E-state index >= 15 is 0 Å². The fourth-order valence-corrected chi connectivity index (χ4v) is 5.02. The first kappa shape index (κ1) is 19.7. The molecule has 0 spiro atoms. The molecule has 0 aromatic rings. The minimum absolute atomic E-state index is 0.283. The molecule has 2 aliphatic heterocycles. The van der Waals surface area contributed by atoms with Gasteiger partial charge in [-0.05, 0) is 71.0 Å². The number of likely N-dealkylation sites (tertiary alicyclic amines) is 2. The summed E-state index contributed by atoms with van der Waals surface area (Å²) in [5, 5.41) is 0. The molecular formula is C21H37N3O2. The molecule has 1 aliphatic carbocycles. The van der Waals surface area contributed by atoms with Crippen molar-refractivity contribution < 1.29 is 9.59 Å². The van der Waals surface area contributed by atoms with E-state index in [-0.39, 0.29) is 5.92 Å². The highest BCUT2D eigenvalue weighted by atomic mass is 16.2. The van der Waals surface area contributed by atoms with Crippen molar-refractivity contribution in [2.75, 3.05) is 40.3 Å². The van der Waals surface area contributed by atoms with Gasteiger partial charge in [-0.2, -0.15) is 0 Å². The zero-order chi connectivity index (χ0) is 18.5. The summed E-state index contributed by atoms with van der Waals surface area (Å²) in [5.74, 6) is 1.47. The molecule has 0 radical (unpaired) electrons. The molecule has 5 nitrogen and oxygen atoms in total. The van der Waals surface area contributed by atoms with Gasteiger partial charge in [0.25, 0.3) is 0 Å². The quantitative estimate of drug-likeness (QED) is 0.754. The molecule has 2 heterocycles. The number of piperidine rings is 2. The van der Waals surface area contributed by atoms with E-state index in [0.29, 0.717) is 30.2 Å². The first-order valence-corrected chi connectivity index (χ1v) is 10.8. The predicted octanol–water partition coefficient (Wildman–Crippen LogP) is 2.75. The molecule has 2 saturated heterocycles. The summed E-state index contributed by atoms with van der Waals surface area (Å²) in [6.45, 7) is 3.97. The highest BCUT2D eigenvalue weighted by Crippen LogP contribution is 2.29. The maximum Gasteiger partial charge on any atom is 0.225 e. The van der Waals surface area contributed by atoms with Gasteiger partial charge >= 0.3 is 0 Å². The molecule has 148 valence electrons. The maximum absolute atomic E-state index is 12.7. The van der Waals surface area contributed by atoms with Gasteiger partial charge in [0.15, 0.2) is 0 Å². The molecule has 2 amide bonds. The summed E-state index contributed by atoms with van der Waals surface area (Å²) in [4.78, 5) is 31.7. The normalized spacial score (nSPS) is 26.2. The molecule has 3 fully saturated rings. The van der Waals surface area contributed by atoms with E-state index in [1.165, 1.54) is 19.3 Å². The summed E-state index contributed by atoms with van der Waals surface area (Å²) in [7, 11) is 4.13. The number of hydrogen-bond donors (Lipinski definition) is 0. The Labute approximate surface area is 159 Å². The highest BCUT2D eigenvalue weighted by molar-refractivity contribution is 5.79. The van der Waals surface area contributed by atoms with Gasteiger partial charge in [-0.15, -0.1) is 0 Å². The molecular weight excluding hydrogens is 326 g/mol. The van der Waals surface area contributed by atoms with Gasteiger partial charge in [0.05, 0.1) is 0 Å². The lowest BCUT2D eigenvalue weighted by molar-refractivity contribution is -0.137. The van der Waals surface area contributed by atoms with Crippen LogP contribution in [0.5, 0.6) is 0 Å². The zero-order valence-electron chi connectivity index (χ0n) is 16.8. The molecule has 1 saturated carbocycles. The summed E-state index contributed by atoms with van der Waals surface area (Å²) < 4.78 is 0. The third-order valence-corrected chi connectivity index (χ3v) is 6.93. The topological polar surface area (TPSA) is 43.9 Å². The van der Waals surface area contributed by atoms with E-state index in [2.05, 4.69) is 16.8 Å². The van der Waals surface area contributed by atoms with Gasteiger partial charge in [-0.3, -0.25) is 9.59 Å². The monoisotopic (exact) mass is 363 g/mol. The molecule has 0 aromatic carbocycles. The molecule has 0 aromatic heterocycles. The Morgan fingerprint density at radius 1 is 0.962 bits per heavy atom. The number of carbonyl (C=O) groups is 2. The van der Waals surface area contributed by atoms with E-state index in [4.69, 9.17) is 0 Å². The molecule has 26 heavy (non-hydrogen) atoms. The Morgan fingerprint density at radius 3 is 2.35 bits per heavy atom. The third-order valence-electron chi connectivity index (χ3n) is 6.93. The second kappa shape index (κ2) is 9.20. The van der Waals surface area contributed by atoms with E-state index < -0.39 is 0 Å². The van der Waals surface area contributed by atoms with Crippen molar-refractivity contribution in [1.29, 1.82) is 0 Å². The van der Waals surface area contributed by atoms with Crippen LogP contribution in [-0.4, -0.2) is 72.8 Å². The molecule has 3 rings (SSSR count). The van der Waals surface area contributed by atoms with Gasteiger partial charge in [-0.25, -0.2) is 0 Å². The molecule has 0 N–H and O–H groups in total. The lowest BCUT2D eigenvalue weighted by atomic mass is 9.91. The van der Waals surface area contributed by atoms with Crippen LogP contribution in [-0.2, 0) is 9.59 Å². The first-order chi connectivity index (χ1) is 12.5. The Morgan fingerprint density at radius 2 is 1.65 bits per heavy atom. The summed E-state index contributed by atoms with van der Waals surface area (Å²) in [5.41, 5.74) is 0. The zero-order valence-corrected chi connectivity index (χ0v) is 16.8. The van der Waals surface area contributed by atoms with Crippen LogP contribution in [0.15, 0.2) is 0 Å². The van der Waals surface area contributed by atoms with E-state index in [9.17, 15) is 9.59 Å². The number of carbonyl (C=O) groups excluding carboxylic acids is 2. The summed E-state index contributed by atoms with van der Waals surface area (Å²) in [6, 6.07) is 0.408. The molecule has 3 aliphatic rings. The predicted molar refractivity (Wildman–Crippen MR) is 104 cm³/mol. The van der Waals surface area contributed by atoms with Crippen LogP contribution in [0.3, 0.4) is 0 Å². The van der Waals surface area contributed by atoms with Crippen molar-refractivity contribution >= 4 is 11.8 Å². The van der Waals surface area contributed by atoms with Crippen LogP contribution in [0.2, 0.25) is 0 Å². The average Bonchev–Trinajstić information content (AvgIpc) is 3.20. The summed E-state index contributed by atoms with van der Waals surface area (Å²) >= 11 is 0. The van der Waals surface area contributed by atoms with Crippen LogP contribution in [0.4, 0.5) is 0 Å². The molecule has 0 bridgehead atoms. The number of rotatable bonds is 5. The van der Waals surface area contributed by atoms with Gasteiger partial charge in [-0.1, -0.05) is 12.8 Å². The first-order valence-electron chi connectivity index (χ1n) is 10.8. The lowest BCUT2D eigenvalue weighted by Crippen LogP contribution is -2.45. The fourth-order valence-electron chi connectivity index (χ4n) is 5.02. The van der Waals surface area contributed by atoms with Crippen LogP contribution in [0.25, 0.3) is 0 Å². The van der Waals surface area contributed by atoms with Crippen molar-refractivity contribution in [3.05, 3.63) is 0 Å². The SMILES string of the molecule is CN1CCC(N(C)C(=O)CCC2CCCN(C(=O)C3CCCC3)C2)CC1. The van der Waals surface area contributed by atoms with Crippen LogP contribution < -0.4 is 0 Å². The standard InChI is InChI=1S/C21H37N3O2/c1-22-14-11-19(12-15-22)23(2)20(25)10-9-17-6-5-13-24(16-17)21(26)18-7-3-4-8-18/h17-19H,3-16H2,1-2H3. The van der Waals surface area contributed by atoms with Crippen LogP contribution in [0.1, 0.15) is 64.2 Å². The van der Waals surface area contributed by atoms with Crippen LogP contribution in [0, 0.1) is 11.8 Å². The minimum Gasteiger partial charge on any atom is -0.343 e. The lowest BCUT2D eigenvalue weighted by Gasteiger charge is -2.36.